The van der Waals surface area contributed by atoms with Gasteiger partial charge in [-0.1, -0.05) is 36.3 Å². The summed E-state index contributed by atoms with van der Waals surface area (Å²) in [6.07, 6.45) is 7.47. The molecule has 0 bridgehead atoms. The van der Waals surface area contributed by atoms with Gasteiger partial charge in [-0.3, -0.25) is 14.6 Å². The lowest BCUT2D eigenvalue weighted by molar-refractivity contribution is -0.141. The van der Waals surface area contributed by atoms with E-state index in [9.17, 15) is 15.0 Å². The number of nitrogens with zero attached hydrogens (tertiary/aromatic N) is 4. The number of aliphatic carboxylic acids is 1. The van der Waals surface area contributed by atoms with E-state index in [0.29, 0.717) is 42.1 Å². The van der Waals surface area contributed by atoms with Gasteiger partial charge in [0.1, 0.15) is 10.5 Å². The summed E-state index contributed by atoms with van der Waals surface area (Å²) in [4.78, 5) is 27.2. The summed E-state index contributed by atoms with van der Waals surface area (Å²) in [5.41, 5.74) is 10.6. The van der Waals surface area contributed by atoms with E-state index in [1.807, 2.05) is 24.3 Å². The molecule has 1 fully saturated rings. The van der Waals surface area contributed by atoms with Crippen molar-refractivity contribution in [3.8, 4) is 45.5 Å². The zero-order valence-electron chi connectivity index (χ0n) is 26.9. The predicted octanol–water partition coefficient (Wildman–Crippen LogP) is 6.53. The van der Waals surface area contributed by atoms with Gasteiger partial charge in [0, 0.05) is 54.6 Å². The molecule has 1 unspecified atom stereocenters. The highest BCUT2D eigenvalue weighted by molar-refractivity contribution is 7.15. The Bertz CT molecular complexity index is 2040. The molecule has 8 nitrogen and oxygen atoms in total. The number of carboxylic acids is 1. The second kappa shape index (κ2) is 12.7. The van der Waals surface area contributed by atoms with Crippen LogP contribution < -0.4 is 0 Å². The Morgan fingerprint density at radius 3 is 2.51 bits per heavy atom. The van der Waals surface area contributed by atoms with Gasteiger partial charge in [-0.05, 0) is 79.8 Å². The number of hydrogen-bond donors (Lipinski definition) is 2. The molecule has 2 N–H and O–H groups in total. The SMILES string of the molecule is C#Cc1cc(CN2CC[C@@H](C(=O)O)C2)cc2nc(-c3cccc(-c4cccc(-c5nc6c(s5)CN(C(C)CO)CC6)c4C)c3C)oc12. The third kappa shape index (κ3) is 5.87. The van der Waals surface area contributed by atoms with Gasteiger partial charge in [0.05, 0.1) is 23.8 Å². The number of likely N-dealkylation sites (tertiary alicyclic amines) is 1. The fourth-order valence-corrected chi connectivity index (χ4v) is 8.20. The Balaban J connectivity index is 1.20. The van der Waals surface area contributed by atoms with Crippen molar-refractivity contribution in [1.29, 1.82) is 0 Å². The molecule has 0 aliphatic carbocycles. The highest BCUT2D eigenvalue weighted by Crippen LogP contribution is 2.40. The quantitative estimate of drug-likeness (QED) is 0.184. The lowest BCUT2D eigenvalue weighted by atomic mass is 9.91. The number of aliphatic hydroxyl groups is 1. The number of aromatic nitrogens is 2. The van der Waals surface area contributed by atoms with Crippen LogP contribution in [0.15, 0.2) is 52.9 Å². The maximum absolute atomic E-state index is 11.4. The molecule has 2 aliphatic rings. The molecule has 0 spiro atoms. The van der Waals surface area contributed by atoms with Gasteiger partial charge in [-0.2, -0.15) is 0 Å². The van der Waals surface area contributed by atoms with Gasteiger partial charge >= 0.3 is 5.97 Å². The van der Waals surface area contributed by atoms with Crippen molar-refractivity contribution in [1.82, 2.24) is 19.8 Å². The summed E-state index contributed by atoms with van der Waals surface area (Å²) in [6.45, 7) is 10.1. The molecule has 5 aromatic rings. The standard InChI is InChI=1S/C38H38N4O4S/c1-5-26-16-25(18-41-14-12-27(19-41)38(44)45)17-33-35(26)46-36(39-33)30-10-6-8-28(23(30)3)29-9-7-11-31(24(29)4)37-40-32-13-15-42(22(2)21-43)20-34(32)47-37/h1,6-11,16-17,22,27,43H,12-15,18-21H2,2-4H3,(H,44,45)/t22?,27-/m1/s1. The summed E-state index contributed by atoms with van der Waals surface area (Å²) in [5, 5.41) is 20.1. The number of carboxylic acid groups (broad SMARTS) is 1. The summed E-state index contributed by atoms with van der Waals surface area (Å²) < 4.78 is 6.35. The topological polar surface area (TPSA) is 103 Å². The fourth-order valence-electron chi connectivity index (χ4n) is 6.98. The first-order chi connectivity index (χ1) is 22.7. The second-order valence-corrected chi connectivity index (χ2v) is 13.9. The summed E-state index contributed by atoms with van der Waals surface area (Å²) in [7, 11) is 0. The van der Waals surface area contributed by atoms with Crippen LogP contribution in [0, 0.1) is 32.1 Å². The van der Waals surface area contributed by atoms with Crippen LogP contribution >= 0.6 is 11.3 Å². The van der Waals surface area contributed by atoms with Crippen LogP contribution in [0.4, 0.5) is 0 Å². The molecule has 2 aromatic heterocycles. The molecule has 47 heavy (non-hydrogen) atoms. The number of oxazole rings is 1. The molecule has 4 heterocycles. The predicted molar refractivity (Wildman–Crippen MR) is 185 cm³/mol. The molecule has 0 radical (unpaired) electrons. The summed E-state index contributed by atoms with van der Waals surface area (Å²) in [5.74, 6) is 2.22. The van der Waals surface area contributed by atoms with Crippen molar-refractivity contribution < 1.29 is 19.4 Å². The average molecular weight is 647 g/mol. The van der Waals surface area contributed by atoms with Crippen LogP contribution in [0.2, 0.25) is 0 Å². The number of carbonyl (C=O) groups is 1. The zero-order valence-corrected chi connectivity index (χ0v) is 27.7. The van der Waals surface area contributed by atoms with Gasteiger partial charge < -0.3 is 14.6 Å². The van der Waals surface area contributed by atoms with Gasteiger partial charge in [0.25, 0.3) is 0 Å². The van der Waals surface area contributed by atoms with E-state index in [-0.39, 0.29) is 18.6 Å². The highest BCUT2D eigenvalue weighted by atomic mass is 32.1. The minimum atomic E-state index is -0.740. The van der Waals surface area contributed by atoms with Crippen molar-refractivity contribution in [2.75, 3.05) is 26.2 Å². The molecule has 0 amide bonds. The first-order valence-corrected chi connectivity index (χ1v) is 16.9. The number of thiazole rings is 1. The van der Waals surface area contributed by atoms with E-state index < -0.39 is 5.97 Å². The average Bonchev–Trinajstić information content (AvgIpc) is 3.82. The van der Waals surface area contributed by atoms with Crippen LogP contribution in [0.3, 0.4) is 0 Å². The monoisotopic (exact) mass is 646 g/mol. The fraction of sp³-hybridized carbons (Fsp3) is 0.342. The molecular formula is C38H38N4O4S. The normalized spacial score (nSPS) is 17.6. The first kappa shape index (κ1) is 31.3. The molecule has 2 atom stereocenters. The van der Waals surface area contributed by atoms with Crippen molar-refractivity contribution >= 4 is 28.4 Å². The van der Waals surface area contributed by atoms with Crippen molar-refractivity contribution in [3.63, 3.8) is 0 Å². The van der Waals surface area contributed by atoms with Gasteiger partial charge in [-0.25, -0.2) is 9.97 Å². The molecule has 240 valence electrons. The smallest absolute Gasteiger partial charge is 0.307 e. The Labute approximate surface area is 278 Å². The van der Waals surface area contributed by atoms with Crippen LogP contribution in [0.5, 0.6) is 0 Å². The zero-order chi connectivity index (χ0) is 32.8. The molecule has 9 heteroatoms. The Morgan fingerprint density at radius 2 is 1.81 bits per heavy atom. The van der Waals surface area contributed by atoms with E-state index >= 15 is 0 Å². The van der Waals surface area contributed by atoms with E-state index in [4.69, 9.17) is 20.8 Å². The number of aliphatic hydroxyl groups excluding tert-OH is 1. The van der Waals surface area contributed by atoms with Crippen LogP contribution in [-0.2, 0) is 24.3 Å². The lowest BCUT2D eigenvalue weighted by Crippen LogP contribution is -2.39. The van der Waals surface area contributed by atoms with Gasteiger partial charge in [0.2, 0.25) is 5.89 Å². The van der Waals surface area contributed by atoms with Gasteiger partial charge in [0.15, 0.2) is 5.58 Å². The Morgan fingerprint density at radius 1 is 1.09 bits per heavy atom. The molecule has 7 rings (SSSR count). The summed E-state index contributed by atoms with van der Waals surface area (Å²) >= 11 is 1.76. The lowest BCUT2D eigenvalue weighted by Gasteiger charge is -2.30. The Kier molecular flexibility index (Phi) is 8.45. The maximum atomic E-state index is 11.4. The highest BCUT2D eigenvalue weighted by Gasteiger charge is 2.28. The van der Waals surface area contributed by atoms with Crippen molar-refractivity contribution in [2.45, 2.75) is 52.7 Å². The largest absolute Gasteiger partial charge is 0.481 e. The minimum Gasteiger partial charge on any atom is -0.481 e. The van der Waals surface area contributed by atoms with E-state index in [1.54, 1.807) is 11.3 Å². The van der Waals surface area contributed by atoms with Crippen LogP contribution in [0.25, 0.3) is 44.3 Å². The first-order valence-electron chi connectivity index (χ1n) is 16.1. The second-order valence-electron chi connectivity index (χ2n) is 12.8. The number of rotatable bonds is 8. The molecule has 3 aromatic carbocycles. The molecule has 1 saturated heterocycles. The van der Waals surface area contributed by atoms with E-state index in [0.717, 1.165) is 64.4 Å². The van der Waals surface area contributed by atoms with E-state index in [1.165, 1.54) is 16.1 Å². The third-order valence-corrected chi connectivity index (χ3v) is 10.9. The van der Waals surface area contributed by atoms with Gasteiger partial charge in [-0.15, -0.1) is 17.8 Å². The number of hydrogen-bond acceptors (Lipinski definition) is 8. The minimum absolute atomic E-state index is 0.138. The van der Waals surface area contributed by atoms with Crippen LogP contribution in [0.1, 0.15) is 46.2 Å². The summed E-state index contributed by atoms with van der Waals surface area (Å²) in [6, 6.07) is 16.7. The number of fused-ring (bicyclic) bond motifs is 2. The number of terminal acetylenes is 1. The van der Waals surface area contributed by atoms with Crippen molar-refractivity contribution in [3.05, 3.63) is 81.4 Å². The molecule has 2 aliphatic heterocycles. The Hall–Kier alpha value is -4.33. The molecule has 0 saturated carbocycles. The molecular weight excluding hydrogens is 609 g/mol. The maximum Gasteiger partial charge on any atom is 0.307 e. The van der Waals surface area contributed by atoms with Crippen LogP contribution in [-0.4, -0.2) is 68.2 Å². The van der Waals surface area contributed by atoms with E-state index in [2.05, 4.69) is 60.8 Å². The third-order valence-electron chi connectivity index (χ3n) is 9.80. The van der Waals surface area contributed by atoms with Crippen molar-refractivity contribution in [2.24, 2.45) is 5.92 Å². The number of benzene rings is 3.